The highest BCUT2D eigenvalue weighted by atomic mass is 32.2. The van der Waals surface area contributed by atoms with E-state index in [1.165, 1.54) is 0 Å². The molecule has 0 bridgehead atoms. The van der Waals surface area contributed by atoms with Gasteiger partial charge in [-0.3, -0.25) is 4.79 Å². The van der Waals surface area contributed by atoms with Crippen LogP contribution in [0.3, 0.4) is 0 Å². The number of methoxy groups -OCH3 is 1. The van der Waals surface area contributed by atoms with E-state index in [2.05, 4.69) is 10.2 Å². The Kier molecular flexibility index (Phi) is 4.53. The third kappa shape index (κ3) is 2.98. The minimum absolute atomic E-state index is 0.0260. The van der Waals surface area contributed by atoms with Crippen molar-refractivity contribution in [3.63, 3.8) is 0 Å². The molecular weight excluding hydrogens is 242 g/mol. The highest BCUT2D eigenvalue weighted by molar-refractivity contribution is 7.99. The Hall–Kier alpha value is -1.08. The number of aliphatic carboxylic acids is 1. The van der Waals surface area contributed by atoms with Crippen molar-refractivity contribution in [2.45, 2.75) is 31.0 Å². The van der Waals surface area contributed by atoms with Crippen molar-refractivity contribution in [3.8, 4) is 0 Å². The zero-order valence-corrected chi connectivity index (χ0v) is 11.2. The molecule has 0 aliphatic carbocycles. The maximum atomic E-state index is 10.5. The van der Waals surface area contributed by atoms with Crippen molar-refractivity contribution in [1.29, 1.82) is 0 Å². The van der Waals surface area contributed by atoms with Gasteiger partial charge >= 0.3 is 5.97 Å². The zero-order chi connectivity index (χ0) is 13.1. The molecule has 0 aliphatic heterocycles. The van der Waals surface area contributed by atoms with Crippen molar-refractivity contribution in [2.75, 3.05) is 12.9 Å². The summed E-state index contributed by atoms with van der Waals surface area (Å²) in [5.74, 6) is -0.193. The topological polar surface area (TPSA) is 77.2 Å². The van der Waals surface area contributed by atoms with Crippen LogP contribution in [0.2, 0.25) is 0 Å². The van der Waals surface area contributed by atoms with Gasteiger partial charge in [-0.2, -0.15) is 0 Å². The van der Waals surface area contributed by atoms with E-state index < -0.39 is 11.6 Å². The molecule has 0 aliphatic rings. The molecule has 1 N–H and O–H groups in total. The molecule has 1 rings (SSSR count). The molecule has 0 radical (unpaired) electrons. The molecule has 1 aromatic rings. The Morgan fingerprint density at radius 1 is 1.59 bits per heavy atom. The number of carboxylic acid groups (broad SMARTS) is 1. The quantitative estimate of drug-likeness (QED) is 0.775. The Labute approximate surface area is 104 Å². The summed E-state index contributed by atoms with van der Waals surface area (Å²) in [6.07, 6.45) is 0.763. The monoisotopic (exact) mass is 259 g/mol. The molecule has 1 aromatic heterocycles. The lowest BCUT2D eigenvalue weighted by Crippen LogP contribution is -2.27. The number of hydrogen-bond acceptors (Lipinski definition) is 5. The molecule has 0 fully saturated rings. The van der Waals surface area contributed by atoms with E-state index in [9.17, 15) is 4.79 Å². The number of rotatable bonds is 6. The lowest BCUT2D eigenvalue weighted by molar-refractivity contribution is -0.133. The molecule has 0 saturated heterocycles. The molecule has 0 aromatic carbocycles. The molecule has 1 heterocycles. The largest absolute Gasteiger partial charge is 0.481 e. The lowest BCUT2D eigenvalue weighted by Gasteiger charge is -2.25. The van der Waals surface area contributed by atoms with Gasteiger partial charge in [0.25, 0.3) is 0 Å². The highest BCUT2D eigenvalue weighted by Crippen LogP contribution is 2.28. The number of nitrogens with zero attached hydrogens (tertiary/aromatic N) is 3. The standard InChI is InChI=1S/C10H17N3O3S/c1-5-10(2,16-4)8-11-12-9(13(8)3)17-6-7(14)15/h5-6H2,1-4H3,(H,14,15). The van der Waals surface area contributed by atoms with Crippen molar-refractivity contribution >= 4 is 17.7 Å². The SMILES string of the molecule is CCC(C)(OC)c1nnc(SCC(=O)O)n1C. The van der Waals surface area contributed by atoms with Crippen LogP contribution in [-0.4, -0.2) is 38.7 Å². The lowest BCUT2D eigenvalue weighted by atomic mass is 10.0. The van der Waals surface area contributed by atoms with E-state index >= 15 is 0 Å². The van der Waals surface area contributed by atoms with Gasteiger partial charge in [-0.25, -0.2) is 0 Å². The third-order valence-corrected chi connectivity index (χ3v) is 3.76. The van der Waals surface area contributed by atoms with E-state index in [0.29, 0.717) is 11.0 Å². The summed E-state index contributed by atoms with van der Waals surface area (Å²) in [7, 11) is 3.44. The van der Waals surface area contributed by atoms with Crippen molar-refractivity contribution in [3.05, 3.63) is 5.82 Å². The fraction of sp³-hybridized carbons (Fsp3) is 0.700. The van der Waals surface area contributed by atoms with Gasteiger partial charge in [-0.05, 0) is 13.3 Å². The van der Waals surface area contributed by atoms with Gasteiger partial charge in [0.15, 0.2) is 11.0 Å². The van der Waals surface area contributed by atoms with Crippen LogP contribution in [0.25, 0.3) is 0 Å². The summed E-state index contributed by atoms with van der Waals surface area (Å²) in [5.41, 5.74) is -0.496. The van der Waals surface area contributed by atoms with Crippen LogP contribution in [0.5, 0.6) is 0 Å². The van der Waals surface area contributed by atoms with E-state index in [0.717, 1.165) is 18.2 Å². The molecule has 17 heavy (non-hydrogen) atoms. The maximum Gasteiger partial charge on any atom is 0.313 e. The van der Waals surface area contributed by atoms with Gasteiger partial charge in [0, 0.05) is 14.2 Å². The summed E-state index contributed by atoms with van der Waals surface area (Å²) in [6.45, 7) is 3.94. The van der Waals surface area contributed by atoms with Crippen LogP contribution in [0.4, 0.5) is 0 Å². The first-order valence-electron chi connectivity index (χ1n) is 5.24. The summed E-state index contributed by atoms with van der Waals surface area (Å²) in [4.78, 5) is 10.5. The number of carboxylic acids is 1. The Balaban J connectivity index is 2.94. The second-order valence-corrected chi connectivity index (χ2v) is 4.78. The van der Waals surface area contributed by atoms with Gasteiger partial charge < -0.3 is 14.4 Å². The number of thioether (sulfide) groups is 1. The number of aromatic nitrogens is 3. The van der Waals surface area contributed by atoms with E-state index in [4.69, 9.17) is 9.84 Å². The average molecular weight is 259 g/mol. The van der Waals surface area contributed by atoms with E-state index in [1.54, 1.807) is 11.7 Å². The molecule has 0 amide bonds. The van der Waals surface area contributed by atoms with Crippen molar-refractivity contribution in [1.82, 2.24) is 14.8 Å². The third-order valence-electron chi connectivity index (χ3n) is 2.76. The summed E-state index contributed by atoms with van der Waals surface area (Å²) in [5, 5.41) is 17.3. The number of carbonyl (C=O) groups is 1. The minimum Gasteiger partial charge on any atom is -0.481 e. The average Bonchev–Trinajstić information content (AvgIpc) is 2.67. The molecular formula is C10H17N3O3S. The fourth-order valence-corrected chi connectivity index (χ4v) is 2.05. The molecule has 1 atom stereocenters. The van der Waals surface area contributed by atoms with E-state index in [1.807, 2.05) is 20.9 Å². The molecule has 1 unspecified atom stereocenters. The number of ether oxygens (including phenoxy) is 1. The molecule has 0 spiro atoms. The van der Waals surface area contributed by atoms with Gasteiger partial charge in [-0.1, -0.05) is 18.7 Å². The van der Waals surface area contributed by atoms with Crippen LogP contribution in [0, 0.1) is 0 Å². The maximum absolute atomic E-state index is 10.5. The highest BCUT2D eigenvalue weighted by Gasteiger charge is 2.30. The smallest absolute Gasteiger partial charge is 0.313 e. The van der Waals surface area contributed by atoms with Gasteiger partial charge in [0.05, 0.1) is 5.75 Å². The Morgan fingerprint density at radius 3 is 2.71 bits per heavy atom. The predicted octanol–water partition coefficient (Wildman–Crippen LogP) is 1.26. The second-order valence-electron chi connectivity index (χ2n) is 3.84. The van der Waals surface area contributed by atoms with Crippen LogP contribution >= 0.6 is 11.8 Å². The van der Waals surface area contributed by atoms with Crippen molar-refractivity contribution < 1.29 is 14.6 Å². The van der Waals surface area contributed by atoms with Gasteiger partial charge in [0.1, 0.15) is 5.60 Å². The first-order valence-corrected chi connectivity index (χ1v) is 6.22. The Morgan fingerprint density at radius 2 is 2.24 bits per heavy atom. The van der Waals surface area contributed by atoms with E-state index in [-0.39, 0.29) is 5.75 Å². The fourth-order valence-electron chi connectivity index (χ4n) is 1.42. The summed E-state index contributed by atoms with van der Waals surface area (Å²) in [6, 6.07) is 0. The number of hydrogen-bond donors (Lipinski definition) is 1. The van der Waals surface area contributed by atoms with Gasteiger partial charge in [-0.15, -0.1) is 10.2 Å². The molecule has 6 nitrogen and oxygen atoms in total. The van der Waals surface area contributed by atoms with Crippen LogP contribution < -0.4 is 0 Å². The van der Waals surface area contributed by atoms with Crippen molar-refractivity contribution in [2.24, 2.45) is 7.05 Å². The normalized spacial score (nSPS) is 14.6. The van der Waals surface area contributed by atoms with Crippen LogP contribution in [0.1, 0.15) is 26.1 Å². The second kappa shape index (κ2) is 5.50. The van der Waals surface area contributed by atoms with Crippen LogP contribution in [0.15, 0.2) is 5.16 Å². The Bertz CT molecular complexity index is 402. The molecule has 0 saturated carbocycles. The predicted molar refractivity (Wildman–Crippen MR) is 64.0 cm³/mol. The summed E-state index contributed by atoms with van der Waals surface area (Å²) >= 11 is 1.15. The summed E-state index contributed by atoms with van der Waals surface area (Å²) < 4.78 is 7.22. The van der Waals surface area contributed by atoms with Gasteiger partial charge in [0.2, 0.25) is 0 Å². The zero-order valence-electron chi connectivity index (χ0n) is 10.4. The molecule has 96 valence electrons. The molecule has 7 heteroatoms. The first-order chi connectivity index (χ1) is 7.94. The first kappa shape index (κ1) is 14.0. The van der Waals surface area contributed by atoms with Crippen LogP contribution in [-0.2, 0) is 22.2 Å². The minimum atomic E-state index is -0.871.